The number of fused-ring (bicyclic) bond motifs is 1. The molecule has 1 aromatic heterocycles. The quantitative estimate of drug-likeness (QED) is 0.742. The van der Waals surface area contributed by atoms with Crippen LogP contribution in [0.2, 0.25) is 0 Å². The van der Waals surface area contributed by atoms with Crippen LogP contribution >= 0.6 is 15.9 Å². The highest BCUT2D eigenvalue weighted by Gasteiger charge is 2.00. The summed E-state index contributed by atoms with van der Waals surface area (Å²) < 4.78 is 1.05. The Hall–Kier alpha value is -1.15. The molecule has 2 aromatic rings. The molecule has 2 heteroatoms. The van der Waals surface area contributed by atoms with Gasteiger partial charge in [0, 0.05) is 16.1 Å². The Balaban J connectivity index is 2.72. The van der Waals surface area contributed by atoms with E-state index < -0.39 is 0 Å². The molecule has 0 unspecified atom stereocenters. The summed E-state index contributed by atoms with van der Waals surface area (Å²) in [6, 6.07) is 8.23. The molecule has 0 amide bonds. The second kappa shape index (κ2) is 3.93. The van der Waals surface area contributed by atoms with Crippen molar-refractivity contribution in [3.63, 3.8) is 0 Å². The van der Waals surface area contributed by atoms with Crippen molar-refractivity contribution in [3.8, 4) is 0 Å². The summed E-state index contributed by atoms with van der Waals surface area (Å²) in [5.74, 6) is 0. The van der Waals surface area contributed by atoms with Crippen LogP contribution in [0.3, 0.4) is 0 Å². The molecule has 70 valence electrons. The highest BCUT2D eigenvalue weighted by molar-refractivity contribution is 9.10. The lowest BCUT2D eigenvalue weighted by Crippen LogP contribution is -1.81. The zero-order valence-corrected chi connectivity index (χ0v) is 9.45. The molecule has 1 aromatic carbocycles. The lowest BCUT2D eigenvalue weighted by atomic mass is 10.1. The van der Waals surface area contributed by atoms with Crippen molar-refractivity contribution in [2.45, 2.75) is 6.92 Å². The van der Waals surface area contributed by atoms with E-state index >= 15 is 0 Å². The monoisotopic (exact) mass is 247 g/mol. The van der Waals surface area contributed by atoms with Crippen LogP contribution in [0.4, 0.5) is 0 Å². The van der Waals surface area contributed by atoms with Gasteiger partial charge in [0.05, 0.1) is 5.52 Å². The first-order valence-electron chi connectivity index (χ1n) is 4.48. The van der Waals surface area contributed by atoms with E-state index in [9.17, 15) is 0 Å². The van der Waals surface area contributed by atoms with Crippen LogP contribution in [0.1, 0.15) is 12.5 Å². The van der Waals surface area contributed by atoms with Crippen LogP contribution in [0.15, 0.2) is 41.0 Å². The number of pyridine rings is 1. The maximum absolute atomic E-state index is 4.31. The molecule has 14 heavy (non-hydrogen) atoms. The third kappa shape index (κ3) is 1.70. The second-order valence-corrected chi connectivity index (χ2v) is 3.93. The normalized spacial score (nSPS) is 11.3. The number of allylic oxidation sites excluding steroid dienone is 1. The highest BCUT2D eigenvalue weighted by Crippen LogP contribution is 2.24. The third-order valence-electron chi connectivity index (χ3n) is 2.04. The average molecular weight is 248 g/mol. The van der Waals surface area contributed by atoms with Crippen molar-refractivity contribution in [1.29, 1.82) is 0 Å². The van der Waals surface area contributed by atoms with Gasteiger partial charge in [-0.2, -0.15) is 0 Å². The second-order valence-electron chi connectivity index (χ2n) is 3.08. The summed E-state index contributed by atoms with van der Waals surface area (Å²) in [4.78, 5) is 4.31. The molecule has 1 heterocycles. The molecule has 0 aliphatic carbocycles. The van der Waals surface area contributed by atoms with E-state index in [0.717, 1.165) is 15.4 Å². The van der Waals surface area contributed by atoms with Crippen LogP contribution in [-0.4, -0.2) is 4.98 Å². The Labute approximate surface area is 91.6 Å². The number of halogens is 1. The maximum Gasteiger partial charge on any atom is 0.0844 e. The number of benzene rings is 1. The van der Waals surface area contributed by atoms with Crippen LogP contribution in [0.25, 0.3) is 17.0 Å². The molecule has 0 atom stereocenters. The van der Waals surface area contributed by atoms with Crippen LogP contribution in [-0.2, 0) is 0 Å². The van der Waals surface area contributed by atoms with Crippen LogP contribution < -0.4 is 0 Å². The minimum Gasteiger partial charge on any atom is -0.255 e. The molecule has 0 aliphatic rings. The first-order chi connectivity index (χ1) is 6.81. The van der Waals surface area contributed by atoms with Gasteiger partial charge in [0.2, 0.25) is 0 Å². The van der Waals surface area contributed by atoms with Gasteiger partial charge >= 0.3 is 0 Å². The van der Waals surface area contributed by atoms with Crippen molar-refractivity contribution in [2.24, 2.45) is 0 Å². The molecule has 0 spiro atoms. The van der Waals surface area contributed by atoms with E-state index in [1.165, 1.54) is 5.56 Å². The van der Waals surface area contributed by atoms with Crippen molar-refractivity contribution in [3.05, 3.63) is 46.6 Å². The molecule has 0 N–H and O–H groups in total. The van der Waals surface area contributed by atoms with Gasteiger partial charge in [-0.05, 0) is 46.6 Å². The van der Waals surface area contributed by atoms with E-state index in [0.29, 0.717) is 0 Å². The van der Waals surface area contributed by atoms with E-state index in [1.54, 1.807) is 0 Å². The summed E-state index contributed by atoms with van der Waals surface area (Å²) in [6.07, 6.45) is 5.92. The average Bonchev–Trinajstić information content (AvgIpc) is 2.18. The van der Waals surface area contributed by atoms with Gasteiger partial charge in [0.1, 0.15) is 0 Å². The van der Waals surface area contributed by atoms with Crippen molar-refractivity contribution < 1.29 is 0 Å². The molecule has 1 nitrogen and oxygen atoms in total. The fraction of sp³-hybridized carbons (Fsp3) is 0.0833. The number of hydrogen-bond donors (Lipinski definition) is 0. The largest absolute Gasteiger partial charge is 0.255 e. The van der Waals surface area contributed by atoms with Gasteiger partial charge in [-0.3, -0.25) is 4.98 Å². The lowest BCUT2D eigenvalue weighted by molar-refractivity contribution is 1.40. The Kier molecular flexibility index (Phi) is 2.64. The predicted molar refractivity (Wildman–Crippen MR) is 64.2 cm³/mol. The molecular weight excluding hydrogens is 238 g/mol. The van der Waals surface area contributed by atoms with Crippen molar-refractivity contribution >= 4 is 32.9 Å². The highest BCUT2D eigenvalue weighted by atomic mass is 79.9. The molecule has 0 bridgehead atoms. The maximum atomic E-state index is 4.31. The summed E-state index contributed by atoms with van der Waals surface area (Å²) in [5.41, 5.74) is 2.21. The van der Waals surface area contributed by atoms with Gasteiger partial charge in [-0.15, -0.1) is 0 Å². The van der Waals surface area contributed by atoms with E-state index in [2.05, 4.69) is 45.2 Å². The summed E-state index contributed by atoms with van der Waals surface area (Å²) in [6.45, 7) is 2.02. The first kappa shape index (κ1) is 9.41. The van der Waals surface area contributed by atoms with Crippen LogP contribution in [0.5, 0.6) is 0 Å². The molecule has 0 aliphatic heterocycles. The van der Waals surface area contributed by atoms with Gasteiger partial charge in [-0.1, -0.05) is 18.2 Å². The number of rotatable bonds is 1. The van der Waals surface area contributed by atoms with Crippen molar-refractivity contribution in [1.82, 2.24) is 4.98 Å². The fourth-order valence-corrected chi connectivity index (χ4v) is 2.05. The summed E-state index contributed by atoms with van der Waals surface area (Å²) >= 11 is 3.52. The minimum absolute atomic E-state index is 1.01. The Morgan fingerprint density at radius 1 is 1.36 bits per heavy atom. The smallest absolute Gasteiger partial charge is 0.0844 e. The summed E-state index contributed by atoms with van der Waals surface area (Å²) in [5, 5.41) is 1.16. The number of aromatic nitrogens is 1. The number of hydrogen-bond acceptors (Lipinski definition) is 1. The Morgan fingerprint density at radius 2 is 2.21 bits per heavy atom. The fourth-order valence-electron chi connectivity index (χ4n) is 1.46. The first-order valence-corrected chi connectivity index (χ1v) is 5.27. The number of nitrogens with zero attached hydrogens (tertiary/aromatic N) is 1. The molecule has 0 radical (unpaired) electrons. The molecule has 0 saturated heterocycles. The SMILES string of the molecule is CC=Cc1cc(Br)c2ncccc2c1. The molecule has 0 saturated carbocycles. The zero-order valence-electron chi connectivity index (χ0n) is 7.87. The van der Waals surface area contributed by atoms with Crippen LogP contribution in [0, 0.1) is 0 Å². The van der Waals surface area contributed by atoms with Gasteiger partial charge in [0.15, 0.2) is 0 Å². The van der Waals surface area contributed by atoms with E-state index in [4.69, 9.17) is 0 Å². The molecule has 0 fully saturated rings. The van der Waals surface area contributed by atoms with Gasteiger partial charge in [-0.25, -0.2) is 0 Å². The van der Waals surface area contributed by atoms with E-state index in [-0.39, 0.29) is 0 Å². The minimum atomic E-state index is 1.01. The topological polar surface area (TPSA) is 12.9 Å². The summed E-state index contributed by atoms with van der Waals surface area (Å²) in [7, 11) is 0. The Morgan fingerprint density at radius 3 is 3.00 bits per heavy atom. The predicted octanol–water partition coefficient (Wildman–Crippen LogP) is 4.03. The zero-order chi connectivity index (χ0) is 9.97. The Bertz CT molecular complexity index is 489. The van der Waals surface area contributed by atoms with Crippen molar-refractivity contribution in [2.75, 3.05) is 0 Å². The molecule has 2 rings (SSSR count). The third-order valence-corrected chi connectivity index (χ3v) is 2.64. The molecular formula is C12H10BrN. The standard InChI is InChI=1S/C12H10BrN/c1-2-4-9-7-10-5-3-6-14-12(10)11(13)8-9/h2-8H,1H3. The van der Waals surface area contributed by atoms with Gasteiger partial charge in [0.25, 0.3) is 0 Å². The van der Waals surface area contributed by atoms with Gasteiger partial charge < -0.3 is 0 Å². The van der Waals surface area contributed by atoms with E-state index in [1.807, 2.05) is 25.3 Å². The lowest BCUT2D eigenvalue weighted by Gasteiger charge is -2.01.